The molecule has 2 heterocycles. The minimum Gasteiger partial charge on any atom is -0.394 e. The molecule has 1 aromatic heterocycles. The Morgan fingerprint density at radius 2 is 2.30 bits per heavy atom. The summed E-state index contributed by atoms with van der Waals surface area (Å²) in [5, 5.41) is 25.9. The number of sulfonamides is 1. The number of amides is 1. The van der Waals surface area contributed by atoms with Crippen LogP contribution in [0, 0.1) is 11.3 Å². The van der Waals surface area contributed by atoms with Crippen LogP contribution in [0.1, 0.15) is 12.0 Å². The number of anilines is 1. The fourth-order valence-corrected chi connectivity index (χ4v) is 2.83. The number of carbonyl (C=O) groups is 1. The third-order valence-corrected chi connectivity index (χ3v) is 4.30. The molecule has 0 spiro atoms. The largest absolute Gasteiger partial charge is 0.394 e. The van der Waals surface area contributed by atoms with Crippen molar-refractivity contribution < 1.29 is 18.3 Å². The highest BCUT2D eigenvalue weighted by molar-refractivity contribution is 7.89. The molecule has 0 aromatic carbocycles. The summed E-state index contributed by atoms with van der Waals surface area (Å²) in [4.78, 5) is 13.1. The van der Waals surface area contributed by atoms with Gasteiger partial charge in [0.1, 0.15) is 16.9 Å². The molecule has 108 valence electrons. The van der Waals surface area contributed by atoms with Crippen molar-refractivity contribution in [3.8, 4) is 6.07 Å². The molecule has 1 saturated heterocycles. The van der Waals surface area contributed by atoms with Crippen molar-refractivity contribution in [3.05, 3.63) is 11.8 Å². The second kappa shape index (κ2) is 5.20. The Labute approximate surface area is 115 Å². The fourth-order valence-electron chi connectivity index (χ4n) is 2.10. The summed E-state index contributed by atoms with van der Waals surface area (Å²) in [7, 11) is -3.83. The van der Waals surface area contributed by atoms with Gasteiger partial charge in [0.2, 0.25) is 15.9 Å². The first-order valence-electron chi connectivity index (χ1n) is 5.77. The average molecular weight is 299 g/mol. The van der Waals surface area contributed by atoms with E-state index in [-0.39, 0.29) is 37.5 Å². The molecule has 0 radical (unpaired) electrons. The van der Waals surface area contributed by atoms with E-state index in [0.29, 0.717) is 0 Å². The summed E-state index contributed by atoms with van der Waals surface area (Å²) < 4.78 is 24.0. The van der Waals surface area contributed by atoms with Gasteiger partial charge >= 0.3 is 0 Å². The van der Waals surface area contributed by atoms with Crippen molar-refractivity contribution in [2.75, 3.05) is 18.1 Å². The van der Waals surface area contributed by atoms with Crippen molar-refractivity contribution in [2.45, 2.75) is 18.2 Å². The average Bonchev–Trinajstić information content (AvgIpc) is 2.92. The maximum Gasteiger partial charge on any atom is 0.229 e. The van der Waals surface area contributed by atoms with E-state index in [0.717, 1.165) is 0 Å². The molecule has 1 unspecified atom stereocenters. The lowest BCUT2D eigenvalue weighted by Gasteiger charge is -2.18. The zero-order chi connectivity index (χ0) is 14.9. The van der Waals surface area contributed by atoms with Crippen LogP contribution < -0.4 is 10.0 Å². The number of carbonyl (C=O) groups excluding carboxylic acids is 1. The lowest BCUT2D eigenvalue weighted by molar-refractivity contribution is -0.117. The van der Waals surface area contributed by atoms with Crippen LogP contribution in [0.4, 0.5) is 5.82 Å². The number of nitriles is 1. The van der Waals surface area contributed by atoms with E-state index >= 15 is 0 Å². The normalized spacial score (nSPS) is 19.4. The summed E-state index contributed by atoms with van der Waals surface area (Å²) in [6, 6.07) is 1.89. The lowest BCUT2D eigenvalue weighted by Crippen LogP contribution is -2.33. The second-order valence-corrected chi connectivity index (χ2v) is 6.20. The van der Waals surface area contributed by atoms with Gasteiger partial charge in [0.15, 0.2) is 5.82 Å². The monoisotopic (exact) mass is 299 g/mol. The van der Waals surface area contributed by atoms with Gasteiger partial charge in [-0.05, 0) is 0 Å². The van der Waals surface area contributed by atoms with Crippen molar-refractivity contribution in [3.63, 3.8) is 0 Å². The number of hydrogen-bond acceptors (Lipinski definition) is 6. The fraction of sp³-hybridized carbons (Fsp3) is 0.500. The van der Waals surface area contributed by atoms with Crippen LogP contribution in [-0.4, -0.2) is 47.6 Å². The van der Waals surface area contributed by atoms with Crippen LogP contribution in [0.2, 0.25) is 0 Å². The maximum atomic E-state index is 11.9. The number of hydrogen-bond donors (Lipinski definition) is 2. The molecule has 3 N–H and O–H groups in total. The van der Waals surface area contributed by atoms with Crippen molar-refractivity contribution in [1.29, 1.82) is 5.26 Å². The van der Waals surface area contributed by atoms with Crippen molar-refractivity contribution >= 4 is 21.7 Å². The summed E-state index contributed by atoms with van der Waals surface area (Å²) in [6.45, 7) is -0.246. The van der Waals surface area contributed by atoms with E-state index in [1.54, 1.807) is 0 Å². The molecule has 1 amide bonds. The molecule has 1 atom stereocenters. The Bertz CT molecular complexity index is 674. The highest BCUT2D eigenvalue weighted by Crippen LogP contribution is 2.27. The standard InChI is InChI=1S/C10H13N5O4S/c11-4-7-5-13-15(1-2-16)10(7)14-6-8(3-9(14)17)20(12,18)19/h5,8,16H,1-3,6H2,(H2,12,18,19). The van der Waals surface area contributed by atoms with E-state index in [2.05, 4.69) is 5.10 Å². The van der Waals surface area contributed by atoms with Crippen LogP contribution in [0.3, 0.4) is 0 Å². The van der Waals surface area contributed by atoms with Gasteiger partial charge in [0.25, 0.3) is 0 Å². The SMILES string of the molecule is N#Cc1cnn(CCO)c1N1CC(S(N)(=O)=O)CC1=O. The third kappa shape index (κ3) is 2.51. The first kappa shape index (κ1) is 14.4. The number of aliphatic hydroxyl groups is 1. The van der Waals surface area contributed by atoms with Gasteiger partial charge in [0.05, 0.1) is 19.3 Å². The van der Waals surface area contributed by atoms with Gasteiger partial charge in [0, 0.05) is 13.0 Å². The number of nitrogens with zero attached hydrogens (tertiary/aromatic N) is 4. The molecule has 0 bridgehead atoms. The van der Waals surface area contributed by atoms with Gasteiger partial charge in [-0.15, -0.1) is 0 Å². The van der Waals surface area contributed by atoms with Crippen LogP contribution >= 0.6 is 0 Å². The predicted molar refractivity (Wildman–Crippen MR) is 67.9 cm³/mol. The van der Waals surface area contributed by atoms with Gasteiger partial charge in [-0.1, -0.05) is 0 Å². The first-order chi connectivity index (χ1) is 9.38. The van der Waals surface area contributed by atoms with Gasteiger partial charge in [-0.25, -0.2) is 18.2 Å². The summed E-state index contributed by atoms with van der Waals surface area (Å²) in [5.74, 6) is -0.252. The molecule has 20 heavy (non-hydrogen) atoms. The quantitative estimate of drug-likeness (QED) is 0.667. The second-order valence-electron chi connectivity index (χ2n) is 4.36. The number of primary sulfonamides is 1. The molecule has 1 aliphatic rings. The molecule has 9 nitrogen and oxygen atoms in total. The van der Waals surface area contributed by atoms with E-state index in [4.69, 9.17) is 15.5 Å². The number of aromatic nitrogens is 2. The highest BCUT2D eigenvalue weighted by atomic mass is 32.2. The van der Waals surface area contributed by atoms with Crippen LogP contribution in [0.5, 0.6) is 0 Å². The zero-order valence-corrected chi connectivity index (χ0v) is 11.2. The van der Waals surface area contributed by atoms with E-state index < -0.39 is 21.2 Å². The van der Waals surface area contributed by atoms with Crippen LogP contribution in [0.25, 0.3) is 0 Å². The third-order valence-electron chi connectivity index (χ3n) is 3.05. The maximum absolute atomic E-state index is 11.9. The van der Waals surface area contributed by atoms with Crippen LogP contribution in [0.15, 0.2) is 6.20 Å². The minimum absolute atomic E-state index is 0.0981. The topological polar surface area (TPSA) is 142 Å². The Morgan fingerprint density at radius 1 is 1.60 bits per heavy atom. The lowest BCUT2D eigenvalue weighted by atomic mass is 10.3. The molecule has 1 aromatic rings. The van der Waals surface area contributed by atoms with Gasteiger partial charge in [-0.3, -0.25) is 9.69 Å². The predicted octanol–water partition coefficient (Wildman–Crippen LogP) is -1.86. The van der Waals surface area contributed by atoms with E-state index in [1.165, 1.54) is 15.8 Å². The molecule has 0 aliphatic carbocycles. The molecular formula is C10H13N5O4S. The summed E-state index contributed by atoms with van der Waals surface area (Å²) in [6.07, 6.45) is 1.04. The van der Waals surface area contributed by atoms with Crippen LogP contribution in [-0.2, 0) is 21.4 Å². The molecular weight excluding hydrogens is 286 g/mol. The Morgan fingerprint density at radius 3 is 2.80 bits per heavy atom. The summed E-state index contributed by atoms with van der Waals surface area (Å²) in [5.41, 5.74) is 0.141. The molecule has 1 fully saturated rings. The molecule has 0 saturated carbocycles. The molecule has 1 aliphatic heterocycles. The van der Waals surface area contributed by atoms with Gasteiger partial charge in [-0.2, -0.15) is 10.4 Å². The van der Waals surface area contributed by atoms with Gasteiger partial charge < -0.3 is 5.11 Å². The smallest absolute Gasteiger partial charge is 0.229 e. The number of nitrogens with two attached hydrogens (primary N) is 1. The zero-order valence-electron chi connectivity index (χ0n) is 10.4. The molecule has 10 heteroatoms. The van der Waals surface area contributed by atoms with Crippen molar-refractivity contribution in [2.24, 2.45) is 5.14 Å². The minimum atomic E-state index is -3.83. The highest BCUT2D eigenvalue weighted by Gasteiger charge is 2.39. The van der Waals surface area contributed by atoms with Crippen molar-refractivity contribution in [1.82, 2.24) is 9.78 Å². The first-order valence-corrected chi connectivity index (χ1v) is 7.38. The number of aliphatic hydroxyl groups excluding tert-OH is 1. The Hall–Kier alpha value is -1.96. The Balaban J connectivity index is 2.40. The van der Waals surface area contributed by atoms with E-state index in [1.807, 2.05) is 6.07 Å². The van der Waals surface area contributed by atoms with E-state index in [9.17, 15) is 13.2 Å². The Kier molecular flexibility index (Phi) is 3.76. The summed E-state index contributed by atoms with van der Waals surface area (Å²) >= 11 is 0. The number of rotatable bonds is 4. The molecule has 2 rings (SSSR count).